The van der Waals surface area contributed by atoms with E-state index in [9.17, 15) is 0 Å². The molecule has 0 amide bonds. The van der Waals surface area contributed by atoms with Crippen LogP contribution in [0.4, 0.5) is 34.1 Å². The van der Waals surface area contributed by atoms with Gasteiger partial charge >= 0.3 is 0 Å². The van der Waals surface area contributed by atoms with Crippen LogP contribution < -0.4 is 20.2 Å². The zero-order chi connectivity index (χ0) is 43.5. The molecule has 0 aliphatic carbocycles. The lowest BCUT2D eigenvalue weighted by atomic mass is 9.90. The van der Waals surface area contributed by atoms with Crippen molar-refractivity contribution >= 4 is 84.9 Å². The predicted molar refractivity (Wildman–Crippen MR) is 281 cm³/mol. The van der Waals surface area contributed by atoms with Crippen molar-refractivity contribution in [2.24, 2.45) is 0 Å². The van der Waals surface area contributed by atoms with E-state index in [4.69, 9.17) is 0 Å². The number of nitrogens with zero attached hydrogens (tertiary/aromatic N) is 2. The lowest BCUT2D eigenvalue weighted by molar-refractivity contribution is 1.30. The summed E-state index contributed by atoms with van der Waals surface area (Å²) in [6.07, 6.45) is 0. The molecule has 65 heavy (non-hydrogen) atoms. The summed E-state index contributed by atoms with van der Waals surface area (Å²) in [5.74, 6) is 0. The van der Waals surface area contributed by atoms with Gasteiger partial charge in [-0.15, -0.1) is 0 Å². The average molecular weight is 847 g/mol. The fourth-order valence-corrected chi connectivity index (χ4v) is 13.5. The van der Waals surface area contributed by atoms with Crippen LogP contribution in [0, 0.1) is 0 Å². The summed E-state index contributed by atoms with van der Waals surface area (Å²) in [4.78, 5) is 4.75. The first-order chi connectivity index (χ1) is 32.0. The topological polar surface area (TPSA) is 6.48 Å². The highest BCUT2D eigenvalue weighted by Crippen LogP contribution is 2.44. The predicted octanol–water partition coefficient (Wildman–Crippen LogP) is 16.2. The quantitative estimate of drug-likeness (QED) is 0.141. The first kappa shape index (κ1) is 38.7. The highest BCUT2D eigenvalue weighted by molar-refractivity contribution is 7.03. The minimum atomic E-state index is -2.13. The van der Waals surface area contributed by atoms with E-state index in [2.05, 4.69) is 266 Å². The molecule has 0 fully saturated rings. The summed E-state index contributed by atoms with van der Waals surface area (Å²) in [5.41, 5.74) is 14.5. The third-order valence-electron chi connectivity index (χ3n) is 13.6. The standard InChI is InChI=1S/C62H46N2Si/c1-65(2)60-29-15-26-56-52(46-32-37-51(38-33-46)64(49-22-7-4-8-23-49)59-28-14-19-45-17-10-12-25-54(45)59)40-41-57(62(56)60)55-39-34-47(42-61(55)65)43-30-35-50(36-31-43)63(48-20-5-3-6-21-48)58-27-13-18-44-16-9-11-24-53(44)58/h3-42H,1-2H3. The number of fused-ring (bicyclic) bond motifs is 4. The molecule has 12 rings (SSSR count). The van der Waals surface area contributed by atoms with E-state index >= 15 is 0 Å². The number of anilines is 6. The van der Waals surface area contributed by atoms with Crippen molar-refractivity contribution in [3.63, 3.8) is 0 Å². The van der Waals surface area contributed by atoms with Crippen LogP contribution >= 0.6 is 0 Å². The Hall–Kier alpha value is -7.98. The highest BCUT2D eigenvalue weighted by Gasteiger charge is 2.36. The highest BCUT2D eigenvalue weighted by atomic mass is 28.3. The number of para-hydroxylation sites is 2. The van der Waals surface area contributed by atoms with Gasteiger partial charge in [0, 0.05) is 33.5 Å². The second-order valence-electron chi connectivity index (χ2n) is 17.7. The lowest BCUT2D eigenvalue weighted by Crippen LogP contribution is -2.55. The minimum absolute atomic E-state index is 1.13. The minimum Gasteiger partial charge on any atom is -0.310 e. The van der Waals surface area contributed by atoms with Gasteiger partial charge in [-0.05, 0) is 126 Å². The Labute approximate surface area is 382 Å². The molecule has 1 aliphatic rings. The van der Waals surface area contributed by atoms with Crippen molar-refractivity contribution in [2.45, 2.75) is 13.1 Å². The molecule has 0 unspecified atom stereocenters. The third kappa shape index (κ3) is 6.55. The molecular weight excluding hydrogens is 801 g/mol. The third-order valence-corrected chi connectivity index (χ3v) is 17.2. The van der Waals surface area contributed by atoms with E-state index in [-0.39, 0.29) is 0 Å². The van der Waals surface area contributed by atoms with Crippen LogP contribution in [-0.2, 0) is 0 Å². The van der Waals surface area contributed by atoms with Crippen LogP contribution in [0.15, 0.2) is 243 Å². The van der Waals surface area contributed by atoms with Gasteiger partial charge in [0.25, 0.3) is 0 Å². The molecule has 1 heterocycles. The lowest BCUT2D eigenvalue weighted by Gasteiger charge is -2.34. The molecule has 0 spiro atoms. The summed E-state index contributed by atoms with van der Waals surface area (Å²) < 4.78 is 0. The molecule has 0 saturated heterocycles. The van der Waals surface area contributed by atoms with Crippen LogP contribution in [0.3, 0.4) is 0 Å². The van der Waals surface area contributed by atoms with Crippen molar-refractivity contribution in [1.29, 1.82) is 0 Å². The molecular formula is C62H46N2Si. The van der Waals surface area contributed by atoms with Crippen LogP contribution in [-0.4, -0.2) is 8.07 Å². The Kier molecular flexibility index (Phi) is 9.32. The van der Waals surface area contributed by atoms with Crippen LogP contribution in [0.25, 0.3) is 65.7 Å². The molecule has 0 atom stereocenters. The Morgan fingerprint density at radius 2 is 0.723 bits per heavy atom. The molecule has 3 heteroatoms. The number of hydrogen-bond donors (Lipinski definition) is 0. The summed E-state index contributed by atoms with van der Waals surface area (Å²) in [5, 5.41) is 10.6. The van der Waals surface area contributed by atoms with Crippen molar-refractivity contribution in [3.05, 3.63) is 243 Å². The van der Waals surface area contributed by atoms with E-state index in [1.54, 1.807) is 0 Å². The summed E-state index contributed by atoms with van der Waals surface area (Å²) in [6.45, 7) is 5.07. The average Bonchev–Trinajstić information content (AvgIpc) is 3.37. The van der Waals surface area contributed by atoms with Gasteiger partial charge in [0.15, 0.2) is 0 Å². The van der Waals surface area contributed by atoms with Gasteiger partial charge in [0.05, 0.1) is 11.4 Å². The maximum Gasteiger partial charge on any atom is 0.113 e. The Morgan fingerprint density at radius 3 is 1.31 bits per heavy atom. The largest absolute Gasteiger partial charge is 0.310 e. The second-order valence-corrected chi connectivity index (χ2v) is 22.0. The van der Waals surface area contributed by atoms with E-state index in [0.717, 1.165) is 22.7 Å². The molecule has 0 N–H and O–H groups in total. The molecule has 0 aromatic heterocycles. The second kappa shape index (κ2) is 15.7. The molecule has 308 valence electrons. The first-order valence-electron chi connectivity index (χ1n) is 22.6. The molecule has 11 aromatic rings. The zero-order valence-corrected chi connectivity index (χ0v) is 37.5. The van der Waals surface area contributed by atoms with Gasteiger partial charge < -0.3 is 9.80 Å². The fourth-order valence-electron chi connectivity index (χ4n) is 10.4. The smallest absolute Gasteiger partial charge is 0.113 e. The first-order valence-corrected chi connectivity index (χ1v) is 25.6. The van der Waals surface area contributed by atoms with E-state index in [0.29, 0.717) is 0 Å². The number of benzene rings is 11. The van der Waals surface area contributed by atoms with Gasteiger partial charge in [-0.1, -0.05) is 195 Å². The van der Waals surface area contributed by atoms with E-state index < -0.39 is 8.07 Å². The van der Waals surface area contributed by atoms with Crippen molar-refractivity contribution in [3.8, 4) is 33.4 Å². The molecule has 0 bridgehead atoms. The molecule has 11 aromatic carbocycles. The Balaban J connectivity index is 0.902. The maximum absolute atomic E-state index is 2.53. The SMILES string of the molecule is C[Si]1(C)c2cc(-c3ccc(N(c4ccccc4)c4cccc5ccccc45)cc3)ccc2-c2ccc(-c3ccc(N(c4ccccc4)c4cccc5ccccc45)cc3)c3cccc1c23. The van der Waals surface area contributed by atoms with E-state index in [1.807, 2.05) is 0 Å². The number of rotatable bonds is 8. The van der Waals surface area contributed by atoms with Gasteiger partial charge in [-0.3, -0.25) is 0 Å². The molecule has 1 aliphatic heterocycles. The monoisotopic (exact) mass is 846 g/mol. The zero-order valence-electron chi connectivity index (χ0n) is 36.5. The van der Waals surface area contributed by atoms with Gasteiger partial charge in [0.2, 0.25) is 0 Å². The van der Waals surface area contributed by atoms with Crippen LogP contribution in [0.5, 0.6) is 0 Å². The molecule has 2 nitrogen and oxygen atoms in total. The summed E-state index contributed by atoms with van der Waals surface area (Å²) in [7, 11) is -2.13. The maximum atomic E-state index is 2.53. The van der Waals surface area contributed by atoms with Gasteiger partial charge in [0.1, 0.15) is 8.07 Å². The Bertz CT molecular complexity index is 3550. The van der Waals surface area contributed by atoms with Gasteiger partial charge in [-0.2, -0.15) is 0 Å². The fraction of sp³-hybridized carbons (Fsp3) is 0.0323. The van der Waals surface area contributed by atoms with Crippen molar-refractivity contribution in [2.75, 3.05) is 9.80 Å². The van der Waals surface area contributed by atoms with E-state index in [1.165, 1.54) is 87.4 Å². The van der Waals surface area contributed by atoms with Crippen molar-refractivity contribution in [1.82, 2.24) is 0 Å². The van der Waals surface area contributed by atoms with Crippen LogP contribution in [0.2, 0.25) is 13.1 Å². The number of hydrogen-bond acceptors (Lipinski definition) is 2. The van der Waals surface area contributed by atoms with Gasteiger partial charge in [-0.25, -0.2) is 0 Å². The summed E-state index contributed by atoms with van der Waals surface area (Å²) >= 11 is 0. The molecule has 0 saturated carbocycles. The van der Waals surface area contributed by atoms with Crippen LogP contribution in [0.1, 0.15) is 0 Å². The molecule has 0 radical (unpaired) electrons. The van der Waals surface area contributed by atoms with Crippen molar-refractivity contribution < 1.29 is 0 Å². The normalized spacial score (nSPS) is 12.6. The Morgan fingerprint density at radius 1 is 0.292 bits per heavy atom. The summed E-state index contributed by atoms with van der Waals surface area (Å²) in [6, 6.07) is 89.1.